The first-order valence-corrected chi connectivity index (χ1v) is 10.0. The summed E-state index contributed by atoms with van der Waals surface area (Å²) in [6, 6.07) is 11.2. The molecule has 1 aliphatic rings. The highest BCUT2D eigenvalue weighted by Crippen LogP contribution is 2.23. The molecule has 1 aliphatic heterocycles. The van der Waals surface area contributed by atoms with Gasteiger partial charge in [-0.2, -0.15) is 4.31 Å². The van der Waals surface area contributed by atoms with Crippen LogP contribution in [-0.2, 0) is 21.2 Å². The highest BCUT2D eigenvalue weighted by atomic mass is 32.2. The summed E-state index contributed by atoms with van der Waals surface area (Å²) in [6.45, 7) is 1.71. The van der Waals surface area contributed by atoms with Gasteiger partial charge in [0.25, 0.3) is 0 Å². The van der Waals surface area contributed by atoms with Crippen LogP contribution >= 0.6 is 0 Å². The van der Waals surface area contributed by atoms with E-state index in [2.05, 4.69) is 11.1 Å². The predicted molar refractivity (Wildman–Crippen MR) is 97.2 cm³/mol. The van der Waals surface area contributed by atoms with Crippen molar-refractivity contribution in [2.24, 2.45) is 5.92 Å². The molecule has 2 aromatic heterocycles. The van der Waals surface area contributed by atoms with Crippen LogP contribution in [0.15, 0.2) is 64.4 Å². The van der Waals surface area contributed by atoms with Gasteiger partial charge in [0.15, 0.2) is 0 Å². The van der Waals surface area contributed by atoms with Gasteiger partial charge in [-0.3, -0.25) is 4.98 Å². The first-order chi connectivity index (χ1) is 12.6. The minimum absolute atomic E-state index is 0.0800. The van der Waals surface area contributed by atoms with Gasteiger partial charge in [-0.1, -0.05) is 12.1 Å². The fraction of sp³-hybridized carbons (Fsp3) is 0.316. The molecule has 1 fully saturated rings. The minimum Gasteiger partial charge on any atom is -0.464 e. The average Bonchev–Trinajstić information content (AvgIpc) is 2.99. The van der Waals surface area contributed by atoms with Crippen LogP contribution in [0.1, 0.15) is 5.56 Å². The zero-order chi connectivity index (χ0) is 18.0. The number of furan rings is 1. The van der Waals surface area contributed by atoms with Gasteiger partial charge in [0.05, 0.1) is 19.5 Å². The van der Waals surface area contributed by atoms with Crippen molar-refractivity contribution < 1.29 is 17.6 Å². The Labute approximate surface area is 152 Å². The summed E-state index contributed by atoms with van der Waals surface area (Å²) >= 11 is 0. The molecule has 4 rings (SSSR count). The van der Waals surface area contributed by atoms with Gasteiger partial charge in [0.1, 0.15) is 10.5 Å². The lowest BCUT2D eigenvalue weighted by molar-refractivity contribution is 0.123. The maximum atomic E-state index is 12.9. The van der Waals surface area contributed by atoms with Crippen LogP contribution in [0.25, 0.3) is 11.0 Å². The van der Waals surface area contributed by atoms with Gasteiger partial charge in [-0.25, -0.2) is 8.42 Å². The van der Waals surface area contributed by atoms with E-state index in [0.717, 1.165) is 23.0 Å². The average molecular weight is 372 g/mol. The number of aromatic nitrogens is 1. The lowest BCUT2D eigenvalue weighted by Crippen LogP contribution is -2.36. The fourth-order valence-corrected chi connectivity index (χ4v) is 4.76. The molecule has 1 aromatic carbocycles. The Bertz CT molecular complexity index is 985. The topological polar surface area (TPSA) is 72.6 Å². The summed E-state index contributed by atoms with van der Waals surface area (Å²) in [5.74, 6) is 0.0800. The van der Waals surface area contributed by atoms with E-state index in [1.807, 2.05) is 18.2 Å². The molecule has 0 N–H and O–H groups in total. The van der Waals surface area contributed by atoms with Crippen molar-refractivity contribution in [2.45, 2.75) is 11.3 Å². The second kappa shape index (κ2) is 7.19. The van der Waals surface area contributed by atoms with Crippen molar-refractivity contribution in [2.75, 3.05) is 26.3 Å². The highest BCUT2D eigenvalue weighted by Gasteiger charge is 2.29. The molecule has 1 saturated heterocycles. The summed E-state index contributed by atoms with van der Waals surface area (Å²) in [6.07, 6.45) is 5.36. The summed E-state index contributed by atoms with van der Waals surface area (Å²) in [7, 11) is -3.56. The van der Waals surface area contributed by atoms with Crippen molar-refractivity contribution in [3.05, 3.63) is 60.6 Å². The molecule has 0 saturated carbocycles. The quantitative estimate of drug-likeness (QED) is 0.704. The van der Waals surface area contributed by atoms with Gasteiger partial charge in [0.2, 0.25) is 10.0 Å². The number of rotatable bonds is 4. The zero-order valence-electron chi connectivity index (χ0n) is 14.2. The van der Waals surface area contributed by atoms with E-state index < -0.39 is 10.0 Å². The van der Waals surface area contributed by atoms with Crippen LogP contribution in [0.2, 0.25) is 0 Å². The predicted octanol–water partition coefficient (Wildman–Crippen LogP) is 2.71. The lowest BCUT2D eigenvalue weighted by atomic mass is 9.99. The number of hydrogen-bond acceptors (Lipinski definition) is 5. The van der Waals surface area contributed by atoms with E-state index in [9.17, 15) is 8.42 Å². The van der Waals surface area contributed by atoms with E-state index in [4.69, 9.17) is 9.15 Å². The molecule has 1 atom stereocenters. The van der Waals surface area contributed by atoms with E-state index in [1.165, 1.54) is 10.5 Å². The molecule has 0 spiro atoms. The monoisotopic (exact) mass is 372 g/mol. The first kappa shape index (κ1) is 17.2. The third kappa shape index (κ3) is 3.51. The van der Waals surface area contributed by atoms with Crippen LogP contribution in [0.5, 0.6) is 0 Å². The van der Waals surface area contributed by atoms with Gasteiger partial charge >= 0.3 is 0 Å². The van der Waals surface area contributed by atoms with E-state index >= 15 is 0 Å². The van der Waals surface area contributed by atoms with Crippen LogP contribution in [0.4, 0.5) is 0 Å². The summed E-state index contributed by atoms with van der Waals surface area (Å²) < 4.78 is 38.4. The molecule has 7 heteroatoms. The molecular weight excluding hydrogens is 352 g/mol. The molecule has 0 radical (unpaired) electrons. The number of hydrogen-bond donors (Lipinski definition) is 0. The molecule has 3 aromatic rings. The fourth-order valence-electron chi connectivity index (χ4n) is 3.30. The second-order valence-corrected chi connectivity index (χ2v) is 8.43. The zero-order valence-corrected chi connectivity index (χ0v) is 15.1. The Morgan fingerprint density at radius 3 is 3.00 bits per heavy atom. The molecule has 6 nitrogen and oxygen atoms in total. The van der Waals surface area contributed by atoms with Gasteiger partial charge in [0, 0.05) is 36.8 Å². The van der Waals surface area contributed by atoms with Crippen molar-refractivity contribution in [3.63, 3.8) is 0 Å². The minimum atomic E-state index is -3.56. The van der Waals surface area contributed by atoms with Crippen LogP contribution in [-0.4, -0.2) is 44.0 Å². The maximum absolute atomic E-state index is 12.9. The Hall–Kier alpha value is -2.22. The molecule has 0 unspecified atom stereocenters. The Kier molecular flexibility index (Phi) is 4.76. The number of benzene rings is 1. The summed E-state index contributed by atoms with van der Waals surface area (Å²) in [5.41, 5.74) is 1.96. The number of fused-ring (bicyclic) bond motifs is 1. The second-order valence-electron chi connectivity index (χ2n) is 6.49. The molecular formula is C19H20N2O4S. The van der Waals surface area contributed by atoms with Crippen LogP contribution in [0, 0.1) is 5.92 Å². The molecule has 0 bridgehead atoms. The SMILES string of the molecule is O=S(=O)(c1cccnc1)N1CCOC[C@@H](Cc2ccc3ccoc3c2)C1. The Morgan fingerprint density at radius 2 is 2.15 bits per heavy atom. The highest BCUT2D eigenvalue weighted by molar-refractivity contribution is 7.89. The molecule has 3 heterocycles. The lowest BCUT2D eigenvalue weighted by Gasteiger charge is -2.23. The Balaban J connectivity index is 1.54. The van der Waals surface area contributed by atoms with Crippen molar-refractivity contribution in [3.8, 4) is 0 Å². The van der Waals surface area contributed by atoms with Gasteiger partial charge in [-0.15, -0.1) is 0 Å². The standard InChI is InChI=1S/C19H20N2O4S/c22-26(23,18-2-1-6-20-12-18)21-7-9-24-14-16(13-21)10-15-3-4-17-5-8-25-19(17)11-15/h1-6,8,11-12,16H,7,9-10,13-14H2/t16-/m0/s1. The van der Waals surface area contributed by atoms with E-state index in [-0.39, 0.29) is 10.8 Å². The number of ether oxygens (including phenoxy) is 1. The summed E-state index contributed by atoms with van der Waals surface area (Å²) in [5, 5.41) is 1.06. The molecule has 0 aliphatic carbocycles. The van der Waals surface area contributed by atoms with Crippen molar-refractivity contribution >= 4 is 21.0 Å². The number of pyridine rings is 1. The van der Waals surface area contributed by atoms with Gasteiger partial charge in [-0.05, 0) is 36.2 Å². The largest absolute Gasteiger partial charge is 0.464 e. The summed E-state index contributed by atoms with van der Waals surface area (Å²) in [4.78, 5) is 4.15. The number of nitrogens with zero attached hydrogens (tertiary/aromatic N) is 2. The van der Waals surface area contributed by atoms with Crippen LogP contribution in [0.3, 0.4) is 0 Å². The first-order valence-electron chi connectivity index (χ1n) is 8.57. The molecule has 136 valence electrons. The Morgan fingerprint density at radius 1 is 1.23 bits per heavy atom. The van der Waals surface area contributed by atoms with Gasteiger partial charge < -0.3 is 9.15 Å². The van der Waals surface area contributed by atoms with Crippen LogP contribution < -0.4 is 0 Å². The normalized spacial score (nSPS) is 19.5. The van der Waals surface area contributed by atoms with E-state index in [0.29, 0.717) is 26.3 Å². The van der Waals surface area contributed by atoms with E-state index in [1.54, 1.807) is 24.6 Å². The van der Waals surface area contributed by atoms with Crippen molar-refractivity contribution in [1.82, 2.24) is 9.29 Å². The smallest absolute Gasteiger partial charge is 0.244 e. The third-order valence-electron chi connectivity index (χ3n) is 4.62. The van der Waals surface area contributed by atoms with Crippen molar-refractivity contribution in [1.29, 1.82) is 0 Å². The maximum Gasteiger partial charge on any atom is 0.244 e. The number of sulfonamides is 1. The molecule has 0 amide bonds. The molecule has 26 heavy (non-hydrogen) atoms. The third-order valence-corrected chi connectivity index (χ3v) is 6.47.